The van der Waals surface area contributed by atoms with Gasteiger partial charge in [-0.2, -0.15) is 5.26 Å². The number of carbonyl (C=O) groups excluding carboxylic acids is 2. The number of anilines is 1. The molecule has 3 rings (SSSR count). The van der Waals surface area contributed by atoms with Crippen molar-refractivity contribution in [1.29, 1.82) is 5.26 Å². The molecule has 144 valence electrons. The lowest BCUT2D eigenvalue weighted by atomic mass is 10.1. The summed E-state index contributed by atoms with van der Waals surface area (Å²) in [6.45, 7) is 5.43. The third-order valence-corrected chi connectivity index (χ3v) is 4.70. The van der Waals surface area contributed by atoms with Crippen molar-refractivity contribution in [1.82, 2.24) is 4.57 Å². The molecule has 5 heteroatoms. The number of nitrogens with zero attached hydrogens (tertiary/aromatic N) is 2. The van der Waals surface area contributed by atoms with Gasteiger partial charge in [-0.15, -0.1) is 0 Å². The molecular formula is C24H21N3O2. The standard InChI is InChI=1S/C24H21N3O2/c1-16-13-20(14-21(15-25)24(29)26-22-7-5-4-6-8-22)17(2)27(16)23-11-9-19(10-12-23)18(3)28/h4-14H,1-3H3,(H,26,29). The van der Waals surface area contributed by atoms with Crippen LogP contribution in [0.5, 0.6) is 0 Å². The molecule has 1 heterocycles. The van der Waals surface area contributed by atoms with E-state index in [1.54, 1.807) is 30.3 Å². The number of aryl methyl sites for hydroxylation is 1. The fourth-order valence-corrected chi connectivity index (χ4v) is 3.20. The third-order valence-electron chi connectivity index (χ3n) is 4.70. The second-order valence-electron chi connectivity index (χ2n) is 6.75. The van der Waals surface area contributed by atoms with Crippen molar-refractivity contribution in [2.24, 2.45) is 0 Å². The summed E-state index contributed by atoms with van der Waals surface area (Å²) in [5, 5.41) is 12.2. The molecule has 0 spiro atoms. The van der Waals surface area contributed by atoms with E-state index < -0.39 is 5.91 Å². The zero-order chi connectivity index (χ0) is 21.0. The number of Topliss-reactive ketones (excluding diaryl/α,β-unsaturated/α-hetero) is 1. The summed E-state index contributed by atoms with van der Waals surface area (Å²) in [4.78, 5) is 24.0. The van der Waals surface area contributed by atoms with Crippen molar-refractivity contribution in [2.75, 3.05) is 5.32 Å². The molecular weight excluding hydrogens is 362 g/mol. The number of amides is 1. The van der Waals surface area contributed by atoms with Crippen LogP contribution in [0.1, 0.15) is 34.2 Å². The second kappa shape index (κ2) is 8.41. The molecule has 0 bridgehead atoms. The van der Waals surface area contributed by atoms with E-state index in [2.05, 4.69) is 5.32 Å². The predicted molar refractivity (Wildman–Crippen MR) is 114 cm³/mol. The van der Waals surface area contributed by atoms with Crippen LogP contribution in [-0.4, -0.2) is 16.3 Å². The van der Waals surface area contributed by atoms with E-state index >= 15 is 0 Å². The quantitative estimate of drug-likeness (QED) is 0.389. The summed E-state index contributed by atoms with van der Waals surface area (Å²) in [7, 11) is 0. The van der Waals surface area contributed by atoms with Gasteiger partial charge in [-0.25, -0.2) is 0 Å². The molecule has 0 aliphatic carbocycles. The maximum atomic E-state index is 12.5. The molecule has 3 aromatic rings. The number of para-hydroxylation sites is 1. The topological polar surface area (TPSA) is 74.9 Å². The van der Waals surface area contributed by atoms with E-state index in [1.807, 2.05) is 60.9 Å². The van der Waals surface area contributed by atoms with Crippen molar-refractivity contribution in [3.63, 3.8) is 0 Å². The minimum Gasteiger partial charge on any atom is -0.321 e. The number of carbonyl (C=O) groups is 2. The highest BCUT2D eigenvalue weighted by Gasteiger charge is 2.14. The number of rotatable bonds is 5. The van der Waals surface area contributed by atoms with Crippen LogP contribution in [0.4, 0.5) is 5.69 Å². The molecule has 2 aromatic carbocycles. The molecule has 0 saturated heterocycles. The first kappa shape index (κ1) is 19.8. The van der Waals surface area contributed by atoms with Crippen molar-refractivity contribution in [3.8, 4) is 11.8 Å². The van der Waals surface area contributed by atoms with Crippen LogP contribution < -0.4 is 5.32 Å². The zero-order valence-electron chi connectivity index (χ0n) is 16.6. The maximum Gasteiger partial charge on any atom is 0.266 e. The Morgan fingerprint density at radius 2 is 1.69 bits per heavy atom. The first-order valence-electron chi connectivity index (χ1n) is 9.19. The van der Waals surface area contributed by atoms with E-state index in [0.717, 1.165) is 22.6 Å². The summed E-state index contributed by atoms with van der Waals surface area (Å²) in [5.74, 6) is -0.432. The zero-order valence-corrected chi connectivity index (χ0v) is 16.6. The molecule has 1 amide bonds. The monoisotopic (exact) mass is 383 g/mol. The first-order valence-corrected chi connectivity index (χ1v) is 9.19. The fourth-order valence-electron chi connectivity index (χ4n) is 3.20. The molecule has 1 N–H and O–H groups in total. The van der Waals surface area contributed by atoms with E-state index in [0.29, 0.717) is 11.3 Å². The van der Waals surface area contributed by atoms with Crippen LogP contribution in [0.3, 0.4) is 0 Å². The average Bonchev–Trinajstić information content (AvgIpc) is 2.99. The van der Waals surface area contributed by atoms with Gasteiger partial charge in [0.15, 0.2) is 5.78 Å². The Balaban J connectivity index is 1.93. The van der Waals surface area contributed by atoms with Gasteiger partial charge in [-0.1, -0.05) is 18.2 Å². The number of hydrogen-bond donors (Lipinski definition) is 1. The van der Waals surface area contributed by atoms with E-state index in [1.165, 1.54) is 6.92 Å². The highest BCUT2D eigenvalue weighted by atomic mass is 16.1. The Hall–Kier alpha value is -3.91. The molecule has 5 nitrogen and oxygen atoms in total. The van der Waals surface area contributed by atoms with Gasteiger partial charge < -0.3 is 9.88 Å². The van der Waals surface area contributed by atoms with Crippen molar-refractivity contribution in [2.45, 2.75) is 20.8 Å². The Kier molecular flexibility index (Phi) is 5.75. The molecule has 0 aliphatic rings. The molecule has 0 unspecified atom stereocenters. The number of aromatic nitrogens is 1. The summed E-state index contributed by atoms with van der Waals surface area (Å²) in [5.41, 5.74) is 4.88. The van der Waals surface area contributed by atoms with Gasteiger partial charge in [-0.3, -0.25) is 9.59 Å². The highest BCUT2D eigenvalue weighted by molar-refractivity contribution is 6.09. The van der Waals surface area contributed by atoms with Gasteiger partial charge in [0.25, 0.3) is 5.91 Å². The summed E-state index contributed by atoms with van der Waals surface area (Å²) < 4.78 is 2.03. The SMILES string of the molecule is CC(=O)c1ccc(-n2c(C)cc(C=C(C#N)C(=O)Nc3ccccc3)c2C)cc1. The van der Waals surface area contributed by atoms with Crippen LogP contribution in [0.2, 0.25) is 0 Å². The lowest BCUT2D eigenvalue weighted by Gasteiger charge is -2.10. The van der Waals surface area contributed by atoms with E-state index in [4.69, 9.17) is 0 Å². The Labute approximate surface area is 169 Å². The van der Waals surface area contributed by atoms with Gasteiger partial charge in [0.05, 0.1) is 0 Å². The molecule has 0 radical (unpaired) electrons. The fraction of sp³-hybridized carbons (Fsp3) is 0.125. The average molecular weight is 383 g/mol. The van der Waals surface area contributed by atoms with Crippen molar-refractivity contribution >= 4 is 23.5 Å². The Bertz CT molecular complexity index is 1130. The normalized spacial score (nSPS) is 11.0. The number of benzene rings is 2. The highest BCUT2D eigenvalue weighted by Crippen LogP contribution is 2.23. The molecule has 1 aromatic heterocycles. The predicted octanol–water partition coefficient (Wildman–Crippen LogP) is 4.84. The number of nitrogens with one attached hydrogen (secondary N) is 1. The van der Waals surface area contributed by atoms with Crippen LogP contribution >= 0.6 is 0 Å². The Morgan fingerprint density at radius 1 is 1.03 bits per heavy atom. The first-order chi connectivity index (χ1) is 13.9. The summed E-state index contributed by atoms with van der Waals surface area (Å²) >= 11 is 0. The van der Waals surface area contributed by atoms with Crippen LogP contribution in [0.15, 0.2) is 66.2 Å². The van der Waals surface area contributed by atoms with Gasteiger partial charge in [0.2, 0.25) is 0 Å². The lowest BCUT2D eigenvalue weighted by molar-refractivity contribution is -0.112. The molecule has 0 aliphatic heterocycles. The van der Waals surface area contributed by atoms with Crippen LogP contribution in [-0.2, 0) is 4.79 Å². The molecule has 0 fully saturated rings. The van der Waals surface area contributed by atoms with E-state index in [9.17, 15) is 14.9 Å². The molecule has 0 saturated carbocycles. The van der Waals surface area contributed by atoms with Gasteiger partial charge in [0, 0.05) is 28.3 Å². The summed E-state index contributed by atoms with van der Waals surface area (Å²) in [6, 6.07) is 20.3. The van der Waals surface area contributed by atoms with Gasteiger partial charge >= 0.3 is 0 Å². The molecule has 29 heavy (non-hydrogen) atoms. The number of ketones is 1. The third kappa shape index (κ3) is 4.33. The van der Waals surface area contributed by atoms with E-state index in [-0.39, 0.29) is 11.4 Å². The van der Waals surface area contributed by atoms with Crippen LogP contribution in [0.25, 0.3) is 11.8 Å². The smallest absolute Gasteiger partial charge is 0.266 e. The van der Waals surface area contributed by atoms with Crippen LogP contribution in [0, 0.1) is 25.2 Å². The second-order valence-corrected chi connectivity index (χ2v) is 6.75. The Morgan fingerprint density at radius 3 is 2.28 bits per heavy atom. The lowest BCUT2D eigenvalue weighted by Crippen LogP contribution is -2.13. The van der Waals surface area contributed by atoms with Gasteiger partial charge in [0.1, 0.15) is 11.6 Å². The molecule has 0 atom stereocenters. The van der Waals surface area contributed by atoms with Crippen molar-refractivity contribution in [3.05, 3.63) is 88.8 Å². The van der Waals surface area contributed by atoms with Gasteiger partial charge in [-0.05, 0) is 74.9 Å². The minimum atomic E-state index is -0.450. The maximum absolute atomic E-state index is 12.5. The number of hydrogen-bond acceptors (Lipinski definition) is 3. The van der Waals surface area contributed by atoms with Crippen molar-refractivity contribution < 1.29 is 9.59 Å². The summed E-state index contributed by atoms with van der Waals surface area (Å²) in [6.07, 6.45) is 1.60. The minimum absolute atomic E-state index is 0.0178. The largest absolute Gasteiger partial charge is 0.321 e. The number of nitriles is 1.